The van der Waals surface area contributed by atoms with Crippen LogP contribution in [-0.4, -0.2) is 24.5 Å². The van der Waals surface area contributed by atoms with Crippen LogP contribution >= 0.6 is 0 Å². The van der Waals surface area contributed by atoms with Crippen LogP contribution in [0.15, 0.2) is 0 Å². The van der Waals surface area contributed by atoms with Gasteiger partial charge in [-0.05, 0) is 31.2 Å². The molecule has 0 aliphatic carbocycles. The zero-order valence-electron chi connectivity index (χ0n) is 8.14. The molecule has 1 fully saturated rings. The Labute approximate surface area is 70.8 Å². The summed E-state index contributed by atoms with van der Waals surface area (Å²) in [6.45, 7) is 11.1. The van der Waals surface area contributed by atoms with Crippen LogP contribution in [0, 0.1) is 11.8 Å². The van der Waals surface area contributed by atoms with Gasteiger partial charge in [-0.2, -0.15) is 0 Å². The lowest BCUT2D eigenvalue weighted by Crippen LogP contribution is -2.07. The third-order valence-corrected chi connectivity index (χ3v) is 2.81. The highest BCUT2D eigenvalue weighted by Crippen LogP contribution is 2.17. The second-order valence-electron chi connectivity index (χ2n) is 4.21. The van der Waals surface area contributed by atoms with Crippen molar-refractivity contribution in [2.24, 2.45) is 11.8 Å². The fourth-order valence-electron chi connectivity index (χ4n) is 1.26. The summed E-state index contributed by atoms with van der Waals surface area (Å²) in [5.41, 5.74) is 0. The second-order valence-corrected chi connectivity index (χ2v) is 4.21. The Morgan fingerprint density at radius 3 is 2.27 bits per heavy atom. The minimum absolute atomic E-state index is 0.865. The van der Waals surface area contributed by atoms with Crippen molar-refractivity contribution < 1.29 is 0 Å². The van der Waals surface area contributed by atoms with Crippen LogP contribution in [-0.2, 0) is 0 Å². The molecule has 0 spiro atoms. The Balaban J connectivity index is 1.92. The fourth-order valence-corrected chi connectivity index (χ4v) is 1.26. The molecule has 1 nitrogen and oxygen atoms in total. The summed E-state index contributed by atoms with van der Waals surface area (Å²) < 4.78 is 0. The van der Waals surface area contributed by atoms with Crippen LogP contribution in [0.5, 0.6) is 0 Å². The molecule has 0 bridgehead atoms. The van der Waals surface area contributed by atoms with Gasteiger partial charge in [-0.15, -0.1) is 0 Å². The van der Waals surface area contributed by atoms with Crippen molar-refractivity contribution in [3.63, 3.8) is 0 Å². The molecular weight excluding hydrogens is 134 g/mol. The Bertz CT molecular complexity index is 105. The summed E-state index contributed by atoms with van der Waals surface area (Å²) in [7, 11) is 0. The van der Waals surface area contributed by atoms with E-state index >= 15 is 0 Å². The lowest BCUT2D eigenvalue weighted by molar-refractivity contribution is 0.366. The van der Waals surface area contributed by atoms with E-state index in [0.29, 0.717) is 0 Å². The monoisotopic (exact) mass is 155 g/mol. The van der Waals surface area contributed by atoms with Crippen molar-refractivity contribution in [3.8, 4) is 0 Å². The topological polar surface area (TPSA) is 3.01 Å². The molecular formula is C10H21N. The van der Waals surface area contributed by atoms with Gasteiger partial charge in [-0.3, -0.25) is 0 Å². The molecule has 1 unspecified atom stereocenters. The minimum Gasteiger partial charge on any atom is -0.301 e. The quantitative estimate of drug-likeness (QED) is 0.551. The summed E-state index contributed by atoms with van der Waals surface area (Å²) in [6.07, 6.45) is 2.81. The lowest BCUT2D eigenvalue weighted by Gasteiger charge is -2.14. The van der Waals surface area contributed by atoms with Gasteiger partial charge in [-0.25, -0.2) is 0 Å². The Hall–Kier alpha value is -0.0400. The highest BCUT2D eigenvalue weighted by atomic mass is 15.2. The summed E-state index contributed by atoms with van der Waals surface area (Å²) in [5.74, 6) is 1.78. The number of rotatable bonds is 5. The standard InChI is InChI=1S/C10H21N/c1-9(2)10(3)5-4-6-11-7-8-11/h9-10H,4-8H2,1-3H3. The highest BCUT2D eigenvalue weighted by molar-refractivity contribution is 4.72. The van der Waals surface area contributed by atoms with Gasteiger partial charge in [0.25, 0.3) is 0 Å². The van der Waals surface area contributed by atoms with E-state index in [0.717, 1.165) is 11.8 Å². The molecule has 1 aliphatic rings. The van der Waals surface area contributed by atoms with Gasteiger partial charge in [-0.1, -0.05) is 20.8 Å². The van der Waals surface area contributed by atoms with Crippen molar-refractivity contribution in [1.82, 2.24) is 4.90 Å². The predicted octanol–water partition coefficient (Wildman–Crippen LogP) is 2.37. The van der Waals surface area contributed by atoms with Crippen LogP contribution in [0.25, 0.3) is 0 Å². The molecule has 0 aromatic carbocycles. The third-order valence-electron chi connectivity index (χ3n) is 2.81. The van der Waals surface area contributed by atoms with Gasteiger partial charge < -0.3 is 4.90 Å². The molecule has 1 heteroatoms. The van der Waals surface area contributed by atoms with Gasteiger partial charge in [0.1, 0.15) is 0 Å². The van der Waals surface area contributed by atoms with E-state index in [9.17, 15) is 0 Å². The van der Waals surface area contributed by atoms with E-state index in [1.165, 1.54) is 32.5 Å². The maximum Gasteiger partial charge on any atom is 0.0110 e. The Morgan fingerprint density at radius 1 is 1.18 bits per heavy atom. The lowest BCUT2D eigenvalue weighted by atomic mass is 9.93. The zero-order valence-corrected chi connectivity index (χ0v) is 8.14. The molecule has 1 heterocycles. The third kappa shape index (κ3) is 3.76. The van der Waals surface area contributed by atoms with Gasteiger partial charge in [0.05, 0.1) is 0 Å². The zero-order chi connectivity index (χ0) is 8.27. The first-order chi connectivity index (χ1) is 5.20. The minimum atomic E-state index is 0.865. The van der Waals surface area contributed by atoms with Gasteiger partial charge in [0.2, 0.25) is 0 Å². The van der Waals surface area contributed by atoms with Crippen LogP contribution in [0.2, 0.25) is 0 Å². The number of hydrogen-bond donors (Lipinski definition) is 0. The van der Waals surface area contributed by atoms with Gasteiger partial charge >= 0.3 is 0 Å². The van der Waals surface area contributed by atoms with Crippen molar-refractivity contribution in [2.75, 3.05) is 19.6 Å². The van der Waals surface area contributed by atoms with E-state index in [-0.39, 0.29) is 0 Å². The molecule has 0 saturated carbocycles. The molecule has 0 N–H and O–H groups in total. The highest BCUT2D eigenvalue weighted by Gasteiger charge is 2.16. The van der Waals surface area contributed by atoms with E-state index in [4.69, 9.17) is 0 Å². The molecule has 1 rings (SSSR count). The van der Waals surface area contributed by atoms with Crippen molar-refractivity contribution in [1.29, 1.82) is 0 Å². The molecule has 66 valence electrons. The molecule has 11 heavy (non-hydrogen) atoms. The first-order valence-electron chi connectivity index (χ1n) is 4.92. The van der Waals surface area contributed by atoms with Crippen LogP contribution in [0.1, 0.15) is 33.6 Å². The largest absolute Gasteiger partial charge is 0.301 e. The Morgan fingerprint density at radius 2 is 1.82 bits per heavy atom. The van der Waals surface area contributed by atoms with E-state index in [1.54, 1.807) is 0 Å². The SMILES string of the molecule is CC(C)C(C)CCCN1CC1. The normalized spacial score (nSPS) is 20.7. The first kappa shape index (κ1) is 9.05. The average molecular weight is 155 g/mol. The second kappa shape index (κ2) is 4.10. The molecule has 1 saturated heterocycles. The van der Waals surface area contributed by atoms with E-state index < -0.39 is 0 Å². The molecule has 0 radical (unpaired) electrons. The van der Waals surface area contributed by atoms with Crippen LogP contribution in [0.4, 0.5) is 0 Å². The molecule has 0 amide bonds. The van der Waals surface area contributed by atoms with Crippen molar-refractivity contribution in [2.45, 2.75) is 33.6 Å². The van der Waals surface area contributed by atoms with Crippen LogP contribution < -0.4 is 0 Å². The van der Waals surface area contributed by atoms with E-state index in [2.05, 4.69) is 25.7 Å². The van der Waals surface area contributed by atoms with E-state index in [1.807, 2.05) is 0 Å². The summed E-state index contributed by atoms with van der Waals surface area (Å²) in [4.78, 5) is 2.51. The van der Waals surface area contributed by atoms with Crippen molar-refractivity contribution >= 4 is 0 Å². The molecule has 0 aromatic heterocycles. The molecule has 0 aromatic rings. The predicted molar refractivity (Wildman–Crippen MR) is 49.7 cm³/mol. The molecule has 1 atom stereocenters. The smallest absolute Gasteiger partial charge is 0.0110 e. The summed E-state index contributed by atoms with van der Waals surface area (Å²) in [6, 6.07) is 0. The fraction of sp³-hybridized carbons (Fsp3) is 1.00. The van der Waals surface area contributed by atoms with Gasteiger partial charge in [0.15, 0.2) is 0 Å². The summed E-state index contributed by atoms with van der Waals surface area (Å²) in [5, 5.41) is 0. The van der Waals surface area contributed by atoms with Crippen LogP contribution in [0.3, 0.4) is 0 Å². The maximum atomic E-state index is 2.51. The summed E-state index contributed by atoms with van der Waals surface area (Å²) >= 11 is 0. The Kier molecular flexibility index (Phi) is 3.38. The van der Waals surface area contributed by atoms with Crippen molar-refractivity contribution in [3.05, 3.63) is 0 Å². The maximum absolute atomic E-state index is 2.51. The van der Waals surface area contributed by atoms with Gasteiger partial charge in [0, 0.05) is 13.1 Å². The first-order valence-corrected chi connectivity index (χ1v) is 4.92. The number of nitrogens with zero attached hydrogens (tertiary/aromatic N) is 1. The average Bonchev–Trinajstić information content (AvgIpc) is 2.71. The molecule has 1 aliphatic heterocycles. The number of hydrogen-bond acceptors (Lipinski definition) is 1.